The Hall–Kier alpha value is -2.34. The minimum absolute atomic E-state index is 0.0477. The first-order valence-corrected chi connectivity index (χ1v) is 9.52. The molecule has 4 N–H and O–H groups in total. The second kappa shape index (κ2) is 7.95. The van der Waals surface area contributed by atoms with Crippen LogP contribution in [-0.4, -0.2) is 61.6 Å². The number of rotatable bonds is 4. The van der Waals surface area contributed by atoms with Crippen LogP contribution in [0.3, 0.4) is 0 Å². The Morgan fingerprint density at radius 1 is 1.36 bits per heavy atom. The fourth-order valence-electron chi connectivity index (χ4n) is 3.09. The second-order valence-electron chi connectivity index (χ2n) is 6.79. The van der Waals surface area contributed by atoms with Crippen molar-refractivity contribution in [2.45, 2.75) is 51.7 Å². The minimum atomic E-state index is -1.34. The average molecular weight is 410 g/mol. The summed E-state index contributed by atoms with van der Waals surface area (Å²) in [5.74, 6) is -0.451. The van der Waals surface area contributed by atoms with Crippen LogP contribution in [0.25, 0.3) is 0 Å². The number of aliphatic hydroxyl groups is 2. The third kappa shape index (κ3) is 4.07. The van der Waals surface area contributed by atoms with E-state index in [1.165, 1.54) is 22.1 Å². The zero-order valence-electron chi connectivity index (χ0n) is 15.6. The van der Waals surface area contributed by atoms with Gasteiger partial charge in [-0.3, -0.25) is 19.1 Å². The van der Waals surface area contributed by atoms with Crippen LogP contribution in [0.1, 0.15) is 25.9 Å². The van der Waals surface area contributed by atoms with Gasteiger partial charge < -0.3 is 20.3 Å². The van der Waals surface area contributed by atoms with Gasteiger partial charge in [0.2, 0.25) is 0 Å². The molecule has 3 rings (SSSR count). The lowest BCUT2D eigenvalue weighted by molar-refractivity contribution is -0.152. The standard InChI is InChI=1S/C17H22N4O6S/c1-7-4-21(17(26)20-15(7)24)5-11-14(23)13(22)10(6-27-11)19-16(25)12-8(2)28-9(3)18-12/h4,10-11,13-14,22-23H,5-6H2,1-3H3,(H,19,25)(H,20,24,26)/t10-,11-,13+,14-/m1/s1. The summed E-state index contributed by atoms with van der Waals surface area (Å²) >= 11 is 1.39. The van der Waals surface area contributed by atoms with Crippen molar-refractivity contribution < 1.29 is 19.7 Å². The molecule has 1 aliphatic heterocycles. The van der Waals surface area contributed by atoms with Gasteiger partial charge in [0.25, 0.3) is 11.5 Å². The summed E-state index contributed by atoms with van der Waals surface area (Å²) in [5.41, 5.74) is -0.501. The van der Waals surface area contributed by atoms with Gasteiger partial charge in [0.05, 0.1) is 24.2 Å². The molecular weight excluding hydrogens is 388 g/mol. The average Bonchev–Trinajstić information content (AvgIpc) is 2.97. The zero-order chi connectivity index (χ0) is 20.6. The Morgan fingerprint density at radius 2 is 2.07 bits per heavy atom. The molecule has 0 spiro atoms. The van der Waals surface area contributed by atoms with Crippen molar-refractivity contribution >= 4 is 17.2 Å². The predicted octanol–water partition coefficient (Wildman–Crippen LogP) is -1.16. The number of aromatic nitrogens is 3. The second-order valence-corrected chi connectivity index (χ2v) is 8.20. The van der Waals surface area contributed by atoms with Crippen molar-refractivity contribution in [2.75, 3.05) is 6.61 Å². The van der Waals surface area contributed by atoms with Gasteiger partial charge in [-0.25, -0.2) is 9.78 Å². The number of aryl methyl sites for hydroxylation is 3. The largest absolute Gasteiger partial charge is 0.388 e. The van der Waals surface area contributed by atoms with E-state index in [1.54, 1.807) is 20.8 Å². The quantitative estimate of drug-likeness (QED) is 0.497. The summed E-state index contributed by atoms with van der Waals surface area (Å²) < 4.78 is 6.79. The number of hydrogen-bond donors (Lipinski definition) is 4. The molecule has 0 radical (unpaired) electrons. The normalized spacial score (nSPS) is 24.9. The van der Waals surface area contributed by atoms with Crippen molar-refractivity contribution in [3.05, 3.63) is 48.2 Å². The predicted molar refractivity (Wildman–Crippen MR) is 101 cm³/mol. The maximum atomic E-state index is 12.4. The van der Waals surface area contributed by atoms with Crippen LogP contribution in [0.15, 0.2) is 15.8 Å². The number of carbonyl (C=O) groups is 1. The molecule has 10 nitrogen and oxygen atoms in total. The van der Waals surface area contributed by atoms with Crippen LogP contribution in [0.4, 0.5) is 0 Å². The lowest BCUT2D eigenvalue weighted by atomic mass is 9.97. The molecule has 0 aromatic carbocycles. The van der Waals surface area contributed by atoms with Crippen LogP contribution >= 0.6 is 11.3 Å². The highest BCUT2D eigenvalue weighted by Gasteiger charge is 2.39. The molecule has 1 saturated heterocycles. The van der Waals surface area contributed by atoms with Crippen LogP contribution in [-0.2, 0) is 11.3 Å². The summed E-state index contributed by atoms with van der Waals surface area (Å²) in [5, 5.41) is 24.2. The molecule has 2 aromatic rings. The fourth-order valence-corrected chi connectivity index (χ4v) is 3.91. The Kier molecular flexibility index (Phi) is 5.79. The highest BCUT2D eigenvalue weighted by Crippen LogP contribution is 2.19. The van der Waals surface area contributed by atoms with E-state index in [9.17, 15) is 24.6 Å². The van der Waals surface area contributed by atoms with Gasteiger partial charge in [-0.05, 0) is 20.8 Å². The molecule has 0 saturated carbocycles. The van der Waals surface area contributed by atoms with Gasteiger partial charge in [-0.2, -0.15) is 0 Å². The van der Waals surface area contributed by atoms with Crippen molar-refractivity contribution in [3.8, 4) is 0 Å². The first kappa shape index (κ1) is 20.4. The lowest BCUT2D eigenvalue weighted by Gasteiger charge is -2.38. The molecule has 1 aliphatic rings. The third-order valence-electron chi connectivity index (χ3n) is 4.63. The molecule has 0 bridgehead atoms. The minimum Gasteiger partial charge on any atom is -0.388 e. The number of nitrogens with one attached hydrogen (secondary N) is 2. The Morgan fingerprint density at radius 3 is 2.71 bits per heavy atom. The summed E-state index contributed by atoms with van der Waals surface area (Å²) in [7, 11) is 0. The van der Waals surface area contributed by atoms with E-state index < -0.39 is 41.5 Å². The van der Waals surface area contributed by atoms with Crippen molar-refractivity contribution in [1.29, 1.82) is 0 Å². The lowest BCUT2D eigenvalue weighted by Crippen LogP contribution is -2.60. The number of aromatic amines is 1. The monoisotopic (exact) mass is 410 g/mol. The number of amides is 1. The van der Waals surface area contributed by atoms with Crippen molar-refractivity contribution in [3.63, 3.8) is 0 Å². The first-order valence-electron chi connectivity index (χ1n) is 8.70. The summed E-state index contributed by atoms with van der Waals surface area (Å²) in [6.07, 6.45) is -2.14. The van der Waals surface area contributed by atoms with E-state index in [2.05, 4.69) is 15.3 Å². The van der Waals surface area contributed by atoms with Crippen LogP contribution in [0.2, 0.25) is 0 Å². The number of H-pyrrole nitrogens is 1. The Labute approximate surface area is 163 Å². The number of aliphatic hydroxyl groups excluding tert-OH is 2. The van der Waals surface area contributed by atoms with E-state index >= 15 is 0 Å². The molecule has 1 fully saturated rings. The molecular formula is C17H22N4O6S. The number of nitrogens with zero attached hydrogens (tertiary/aromatic N) is 2. The molecule has 1 amide bonds. The molecule has 3 heterocycles. The third-order valence-corrected chi connectivity index (χ3v) is 5.52. The summed E-state index contributed by atoms with van der Waals surface area (Å²) in [6.45, 7) is 5.02. The van der Waals surface area contributed by atoms with Gasteiger partial charge in [-0.15, -0.1) is 11.3 Å². The van der Waals surface area contributed by atoms with Crippen molar-refractivity contribution in [1.82, 2.24) is 19.9 Å². The first-order chi connectivity index (χ1) is 13.2. The SMILES string of the molecule is Cc1nc(C(=O)N[C@@H]2CO[C@H](Cn3cc(C)c(=O)[nH]c3=O)[C@@H](O)[C@H]2O)c(C)s1. The van der Waals surface area contributed by atoms with E-state index in [1.807, 2.05) is 0 Å². The maximum Gasteiger partial charge on any atom is 0.328 e. The van der Waals surface area contributed by atoms with E-state index in [4.69, 9.17) is 4.74 Å². The maximum absolute atomic E-state index is 12.4. The Balaban J connectivity index is 1.68. The number of thiazole rings is 1. The summed E-state index contributed by atoms with van der Waals surface area (Å²) in [4.78, 5) is 42.8. The molecule has 152 valence electrons. The molecule has 2 aromatic heterocycles. The van der Waals surface area contributed by atoms with E-state index in [0.29, 0.717) is 5.56 Å². The molecule has 28 heavy (non-hydrogen) atoms. The molecule has 0 aliphatic carbocycles. The van der Waals surface area contributed by atoms with Gasteiger partial charge in [0.15, 0.2) is 0 Å². The van der Waals surface area contributed by atoms with Crippen LogP contribution in [0, 0.1) is 20.8 Å². The van der Waals surface area contributed by atoms with Gasteiger partial charge in [0, 0.05) is 16.6 Å². The van der Waals surface area contributed by atoms with Gasteiger partial charge in [-0.1, -0.05) is 0 Å². The Bertz CT molecular complexity index is 996. The van der Waals surface area contributed by atoms with E-state index in [0.717, 1.165) is 9.88 Å². The van der Waals surface area contributed by atoms with Crippen LogP contribution in [0.5, 0.6) is 0 Å². The van der Waals surface area contributed by atoms with Crippen molar-refractivity contribution in [2.24, 2.45) is 0 Å². The zero-order valence-corrected chi connectivity index (χ0v) is 16.4. The van der Waals surface area contributed by atoms with Gasteiger partial charge >= 0.3 is 5.69 Å². The van der Waals surface area contributed by atoms with E-state index in [-0.39, 0.29) is 18.8 Å². The highest BCUT2D eigenvalue weighted by molar-refractivity contribution is 7.11. The number of hydrogen-bond acceptors (Lipinski definition) is 8. The van der Waals surface area contributed by atoms with Crippen LogP contribution < -0.4 is 16.6 Å². The summed E-state index contributed by atoms with van der Waals surface area (Å²) in [6, 6.07) is -0.825. The molecule has 11 heteroatoms. The topological polar surface area (TPSA) is 147 Å². The fraction of sp³-hybridized carbons (Fsp3) is 0.529. The number of ether oxygens (including phenoxy) is 1. The smallest absolute Gasteiger partial charge is 0.328 e. The van der Waals surface area contributed by atoms with Gasteiger partial charge in [0.1, 0.15) is 24.0 Å². The highest BCUT2D eigenvalue weighted by atomic mass is 32.1. The molecule has 4 atom stereocenters. The number of carbonyl (C=O) groups excluding carboxylic acids is 1. The molecule has 0 unspecified atom stereocenters.